The molecule has 1 saturated heterocycles. The van der Waals surface area contributed by atoms with Gasteiger partial charge in [0.1, 0.15) is 0 Å². The zero-order chi connectivity index (χ0) is 11.7. The Kier molecular flexibility index (Phi) is 2.87. The monoisotopic (exact) mass is 227 g/mol. The maximum atomic E-state index is 13.1. The highest BCUT2D eigenvalue weighted by atomic mass is 19.2. The van der Waals surface area contributed by atoms with Gasteiger partial charge in [-0.2, -0.15) is 0 Å². The second kappa shape index (κ2) is 4.17. The molecule has 0 radical (unpaired) electrons. The Bertz CT molecular complexity index is 428. The zero-order valence-electron chi connectivity index (χ0n) is 8.46. The van der Waals surface area contributed by atoms with Crippen LogP contribution in [0.15, 0.2) is 12.1 Å². The standard InChI is InChI=1S/C11H11F2NO2/c12-8-4-6(10-2-1-3-14-10)7(11(15)16)5-9(8)13/h4-5,10,14H,1-3H2,(H,15,16)/t10-/m1/s1. The smallest absolute Gasteiger partial charge is 0.336 e. The molecule has 1 heterocycles. The molecule has 1 atom stereocenters. The van der Waals surface area contributed by atoms with E-state index in [1.54, 1.807) is 0 Å². The molecule has 3 nitrogen and oxygen atoms in total. The summed E-state index contributed by atoms with van der Waals surface area (Å²) < 4.78 is 26.0. The van der Waals surface area contributed by atoms with Crippen molar-refractivity contribution in [3.8, 4) is 0 Å². The summed E-state index contributed by atoms with van der Waals surface area (Å²) in [5, 5.41) is 12.0. The Hall–Kier alpha value is -1.49. The van der Waals surface area contributed by atoms with Gasteiger partial charge in [0.15, 0.2) is 11.6 Å². The molecule has 0 spiro atoms. The maximum Gasteiger partial charge on any atom is 0.336 e. The molecule has 0 unspecified atom stereocenters. The highest BCUT2D eigenvalue weighted by Crippen LogP contribution is 2.27. The van der Waals surface area contributed by atoms with Crippen LogP contribution in [0.2, 0.25) is 0 Å². The van der Waals surface area contributed by atoms with Gasteiger partial charge in [-0.3, -0.25) is 0 Å². The Morgan fingerprint density at radius 2 is 2.06 bits per heavy atom. The first-order valence-corrected chi connectivity index (χ1v) is 5.05. The van der Waals surface area contributed by atoms with Crippen LogP contribution in [-0.2, 0) is 0 Å². The third kappa shape index (κ3) is 1.90. The second-order valence-corrected chi connectivity index (χ2v) is 3.81. The van der Waals surface area contributed by atoms with Gasteiger partial charge < -0.3 is 10.4 Å². The van der Waals surface area contributed by atoms with E-state index in [0.29, 0.717) is 5.56 Å². The number of benzene rings is 1. The minimum atomic E-state index is -1.23. The normalized spacial score (nSPS) is 20.0. The zero-order valence-corrected chi connectivity index (χ0v) is 8.46. The molecule has 2 N–H and O–H groups in total. The summed E-state index contributed by atoms with van der Waals surface area (Å²) in [5.74, 6) is -3.37. The minimum Gasteiger partial charge on any atom is -0.478 e. The summed E-state index contributed by atoms with van der Waals surface area (Å²) in [4.78, 5) is 10.9. The van der Waals surface area contributed by atoms with Crippen molar-refractivity contribution < 1.29 is 18.7 Å². The van der Waals surface area contributed by atoms with E-state index in [1.165, 1.54) is 0 Å². The van der Waals surface area contributed by atoms with Gasteiger partial charge in [0, 0.05) is 6.04 Å². The van der Waals surface area contributed by atoms with Gasteiger partial charge in [-0.15, -0.1) is 0 Å². The number of aromatic carboxylic acids is 1. The molecule has 1 fully saturated rings. The summed E-state index contributed by atoms with van der Waals surface area (Å²) in [5.41, 5.74) is 0.155. The van der Waals surface area contributed by atoms with Crippen molar-refractivity contribution >= 4 is 5.97 Å². The number of halogens is 2. The van der Waals surface area contributed by atoms with Gasteiger partial charge >= 0.3 is 5.97 Å². The predicted molar refractivity (Wildman–Crippen MR) is 53.3 cm³/mol. The molecule has 1 aromatic carbocycles. The molecule has 5 heteroatoms. The maximum absolute atomic E-state index is 13.1. The lowest BCUT2D eigenvalue weighted by Gasteiger charge is -2.14. The minimum absolute atomic E-state index is 0.168. The van der Waals surface area contributed by atoms with E-state index in [4.69, 9.17) is 5.11 Å². The number of rotatable bonds is 2. The van der Waals surface area contributed by atoms with Crippen molar-refractivity contribution in [2.24, 2.45) is 0 Å². The van der Waals surface area contributed by atoms with Crippen LogP contribution in [0.4, 0.5) is 8.78 Å². The lowest BCUT2D eigenvalue weighted by Crippen LogP contribution is -2.17. The summed E-state index contributed by atoms with van der Waals surface area (Å²) >= 11 is 0. The highest BCUT2D eigenvalue weighted by molar-refractivity contribution is 5.89. The molecular weight excluding hydrogens is 216 g/mol. The highest BCUT2D eigenvalue weighted by Gasteiger charge is 2.24. The van der Waals surface area contributed by atoms with Crippen molar-refractivity contribution in [3.63, 3.8) is 0 Å². The van der Waals surface area contributed by atoms with Crippen LogP contribution in [0.3, 0.4) is 0 Å². The number of nitrogens with one attached hydrogen (secondary N) is 1. The van der Waals surface area contributed by atoms with Crippen LogP contribution in [0.5, 0.6) is 0 Å². The van der Waals surface area contributed by atoms with Crippen LogP contribution in [0, 0.1) is 11.6 Å². The Labute approximate surface area is 91.1 Å². The molecule has 0 aliphatic carbocycles. The number of carbonyl (C=O) groups is 1. The van der Waals surface area contributed by atoms with Gasteiger partial charge in [-0.1, -0.05) is 0 Å². The molecule has 86 valence electrons. The van der Waals surface area contributed by atoms with Gasteiger partial charge in [0.2, 0.25) is 0 Å². The molecule has 16 heavy (non-hydrogen) atoms. The first-order chi connectivity index (χ1) is 7.59. The Morgan fingerprint density at radius 3 is 2.62 bits per heavy atom. The molecule has 0 bridgehead atoms. The van der Waals surface area contributed by atoms with E-state index in [0.717, 1.165) is 31.5 Å². The van der Waals surface area contributed by atoms with E-state index in [1.807, 2.05) is 0 Å². The molecular formula is C11H11F2NO2. The van der Waals surface area contributed by atoms with Crippen molar-refractivity contribution in [1.29, 1.82) is 0 Å². The average Bonchev–Trinajstić information content (AvgIpc) is 2.74. The van der Waals surface area contributed by atoms with Crippen LogP contribution in [-0.4, -0.2) is 17.6 Å². The van der Waals surface area contributed by atoms with E-state index < -0.39 is 17.6 Å². The van der Waals surface area contributed by atoms with E-state index in [2.05, 4.69) is 5.32 Å². The fourth-order valence-corrected chi connectivity index (χ4v) is 1.99. The molecule has 2 rings (SSSR count). The lowest BCUT2D eigenvalue weighted by molar-refractivity contribution is 0.0694. The van der Waals surface area contributed by atoms with Crippen molar-refractivity contribution in [2.75, 3.05) is 6.54 Å². The fraction of sp³-hybridized carbons (Fsp3) is 0.364. The van der Waals surface area contributed by atoms with Crippen LogP contribution in [0.1, 0.15) is 34.8 Å². The molecule has 1 aliphatic heterocycles. The Balaban J connectivity index is 2.48. The first-order valence-electron chi connectivity index (χ1n) is 5.05. The van der Waals surface area contributed by atoms with Crippen LogP contribution in [0.25, 0.3) is 0 Å². The summed E-state index contributed by atoms with van der Waals surface area (Å²) in [7, 11) is 0. The first kappa shape index (κ1) is 11.0. The molecule has 1 aromatic rings. The van der Waals surface area contributed by atoms with Crippen molar-refractivity contribution in [2.45, 2.75) is 18.9 Å². The molecule has 0 amide bonds. The van der Waals surface area contributed by atoms with E-state index in [-0.39, 0.29) is 11.6 Å². The number of carboxylic acid groups (broad SMARTS) is 1. The quantitative estimate of drug-likeness (QED) is 0.813. The summed E-state index contributed by atoms with van der Waals surface area (Å²) in [6, 6.07) is 1.52. The SMILES string of the molecule is O=C(O)c1cc(F)c(F)cc1[C@H]1CCCN1. The number of hydrogen-bond donors (Lipinski definition) is 2. The summed E-state index contributed by atoms with van der Waals surface area (Å²) in [6.07, 6.45) is 1.65. The topological polar surface area (TPSA) is 49.3 Å². The summed E-state index contributed by atoms with van der Waals surface area (Å²) in [6.45, 7) is 0.767. The van der Waals surface area contributed by atoms with Gasteiger partial charge in [-0.05, 0) is 37.1 Å². The largest absolute Gasteiger partial charge is 0.478 e. The number of hydrogen-bond acceptors (Lipinski definition) is 2. The van der Waals surface area contributed by atoms with Crippen molar-refractivity contribution in [3.05, 3.63) is 34.9 Å². The molecule has 1 aliphatic rings. The van der Waals surface area contributed by atoms with Gasteiger partial charge in [-0.25, -0.2) is 13.6 Å². The third-order valence-electron chi connectivity index (χ3n) is 2.76. The van der Waals surface area contributed by atoms with Gasteiger partial charge in [0.25, 0.3) is 0 Å². The molecule has 0 saturated carbocycles. The number of carboxylic acids is 1. The molecule has 0 aromatic heterocycles. The van der Waals surface area contributed by atoms with Crippen LogP contribution < -0.4 is 5.32 Å². The van der Waals surface area contributed by atoms with E-state index in [9.17, 15) is 13.6 Å². The lowest BCUT2D eigenvalue weighted by atomic mass is 9.98. The fourth-order valence-electron chi connectivity index (χ4n) is 1.99. The average molecular weight is 227 g/mol. The van der Waals surface area contributed by atoms with Gasteiger partial charge in [0.05, 0.1) is 5.56 Å². The van der Waals surface area contributed by atoms with Crippen LogP contribution >= 0.6 is 0 Å². The van der Waals surface area contributed by atoms with E-state index >= 15 is 0 Å². The Morgan fingerprint density at radius 1 is 1.38 bits per heavy atom. The third-order valence-corrected chi connectivity index (χ3v) is 2.76. The van der Waals surface area contributed by atoms with Crippen molar-refractivity contribution in [1.82, 2.24) is 5.32 Å². The second-order valence-electron chi connectivity index (χ2n) is 3.81. The predicted octanol–water partition coefficient (Wildman–Crippen LogP) is 2.09.